The molecule has 0 aromatic carbocycles. The first-order valence-corrected chi connectivity index (χ1v) is 10.0. The van der Waals surface area contributed by atoms with Gasteiger partial charge in [0.25, 0.3) is 5.91 Å². The van der Waals surface area contributed by atoms with E-state index in [2.05, 4.69) is 18.7 Å². The summed E-state index contributed by atoms with van der Waals surface area (Å²) < 4.78 is 0. The van der Waals surface area contributed by atoms with Crippen LogP contribution in [0.2, 0.25) is 0 Å². The van der Waals surface area contributed by atoms with E-state index in [0.29, 0.717) is 11.9 Å². The second-order valence-electron chi connectivity index (χ2n) is 7.65. The van der Waals surface area contributed by atoms with Gasteiger partial charge in [-0.3, -0.25) is 14.5 Å². The van der Waals surface area contributed by atoms with Gasteiger partial charge in [0, 0.05) is 57.1 Å². The van der Waals surface area contributed by atoms with E-state index in [9.17, 15) is 9.59 Å². The van der Waals surface area contributed by atoms with Gasteiger partial charge in [-0.15, -0.1) is 11.3 Å². The highest BCUT2D eigenvalue weighted by atomic mass is 32.1. The molecule has 1 aliphatic heterocycles. The molecule has 1 aromatic heterocycles. The van der Waals surface area contributed by atoms with Gasteiger partial charge in [-0.1, -0.05) is 0 Å². The molecule has 3 rings (SSSR count). The molecule has 2 heterocycles. The van der Waals surface area contributed by atoms with Crippen LogP contribution in [0.5, 0.6) is 0 Å². The van der Waals surface area contributed by atoms with Gasteiger partial charge >= 0.3 is 0 Å². The van der Waals surface area contributed by atoms with E-state index in [1.165, 1.54) is 10.4 Å². The van der Waals surface area contributed by atoms with E-state index in [1.54, 1.807) is 30.3 Å². The van der Waals surface area contributed by atoms with E-state index in [0.717, 1.165) is 50.3 Å². The smallest absolute Gasteiger partial charge is 0.263 e. The second-order valence-corrected chi connectivity index (χ2v) is 8.79. The highest BCUT2D eigenvalue weighted by molar-refractivity contribution is 7.14. The second kappa shape index (κ2) is 7.46. The first-order chi connectivity index (χ1) is 11.9. The first-order valence-electron chi connectivity index (χ1n) is 9.23. The molecule has 1 aromatic rings. The molecule has 25 heavy (non-hydrogen) atoms. The minimum absolute atomic E-state index is 0.0621. The van der Waals surface area contributed by atoms with Gasteiger partial charge in [-0.2, -0.15) is 0 Å². The summed E-state index contributed by atoms with van der Waals surface area (Å²) in [6.45, 7) is 8.05. The molecule has 1 saturated heterocycles. The third kappa shape index (κ3) is 3.90. The largest absolute Gasteiger partial charge is 0.344 e. The number of hydrogen-bond donors (Lipinski definition) is 0. The summed E-state index contributed by atoms with van der Waals surface area (Å²) in [6.07, 6.45) is 2.62. The zero-order chi connectivity index (χ0) is 18.1. The summed E-state index contributed by atoms with van der Waals surface area (Å²) in [5.74, 6) is 0.447. The van der Waals surface area contributed by atoms with Crippen molar-refractivity contribution in [1.82, 2.24) is 14.7 Å². The predicted molar refractivity (Wildman–Crippen MR) is 101 cm³/mol. The van der Waals surface area contributed by atoms with Crippen LogP contribution in [0.4, 0.5) is 0 Å². The lowest BCUT2D eigenvalue weighted by atomic mass is 9.87. The van der Waals surface area contributed by atoms with Crippen molar-refractivity contribution in [1.29, 1.82) is 0 Å². The topological polar surface area (TPSA) is 43.9 Å². The van der Waals surface area contributed by atoms with Gasteiger partial charge < -0.3 is 9.80 Å². The van der Waals surface area contributed by atoms with Gasteiger partial charge in [0.1, 0.15) is 0 Å². The Labute approximate surface area is 154 Å². The molecule has 0 saturated carbocycles. The quantitative estimate of drug-likeness (QED) is 0.826. The van der Waals surface area contributed by atoms with Crippen molar-refractivity contribution in [3.05, 3.63) is 21.4 Å². The lowest BCUT2D eigenvalue weighted by Gasteiger charge is -2.38. The van der Waals surface area contributed by atoms with Crippen LogP contribution in [0.1, 0.15) is 40.4 Å². The van der Waals surface area contributed by atoms with E-state index >= 15 is 0 Å². The Bertz CT molecular complexity index is 645. The lowest BCUT2D eigenvalue weighted by molar-refractivity contribution is -0.137. The minimum Gasteiger partial charge on any atom is -0.344 e. The van der Waals surface area contributed by atoms with Crippen molar-refractivity contribution in [2.75, 3.05) is 40.3 Å². The molecule has 0 radical (unpaired) electrons. The number of aryl methyl sites for hydroxylation is 1. The average molecular weight is 364 g/mol. The number of carbonyl (C=O) groups excluding carboxylic acids is 2. The molecule has 5 nitrogen and oxygen atoms in total. The molecule has 0 spiro atoms. The van der Waals surface area contributed by atoms with Gasteiger partial charge in [0.15, 0.2) is 0 Å². The third-order valence-corrected chi connectivity index (χ3v) is 6.63. The van der Waals surface area contributed by atoms with E-state index < -0.39 is 0 Å². The van der Waals surface area contributed by atoms with Crippen LogP contribution in [0.15, 0.2) is 6.07 Å². The molecule has 6 heteroatoms. The summed E-state index contributed by atoms with van der Waals surface area (Å²) in [6, 6.07) is 2.56. The van der Waals surface area contributed by atoms with Crippen molar-refractivity contribution in [3.63, 3.8) is 0 Å². The third-order valence-electron chi connectivity index (χ3n) is 5.41. The van der Waals surface area contributed by atoms with E-state index in [-0.39, 0.29) is 11.8 Å². The molecule has 0 unspecified atom stereocenters. The van der Waals surface area contributed by atoms with Crippen LogP contribution in [-0.2, 0) is 17.6 Å². The van der Waals surface area contributed by atoms with Crippen LogP contribution < -0.4 is 0 Å². The molecular weight excluding hydrogens is 334 g/mol. The molecule has 1 fully saturated rings. The Morgan fingerprint density at radius 3 is 2.48 bits per heavy atom. The van der Waals surface area contributed by atoms with Crippen molar-refractivity contribution in [2.24, 2.45) is 5.92 Å². The Balaban J connectivity index is 1.63. The van der Waals surface area contributed by atoms with E-state index in [1.807, 2.05) is 11.0 Å². The van der Waals surface area contributed by atoms with Crippen LogP contribution in [0.3, 0.4) is 0 Å². The molecule has 0 N–H and O–H groups in total. The molecule has 1 aliphatic carbocycles. The standard InChI is InChI=1S/C19H29N3O2S/c1-13(2)21-7-9-22(10-8-21)18(23)14-5-6-16-15(11-14)12-17(25-16)19(24)20(3)4/h12-14H,5-11H2,1-4H3/t14-/m1/s1. The molecule has 2 amide bonds. The Morgan fingerprint density at radius 2 is 1.88 bits per heavy atom. The highest BCUT2D eigenvalue weighted by Gasteiger charge is 2.32. The van der Waals surface area contributed by atoms with Gasteiger partial charge in [-0.05, 0) is 44.7 Å². The SMILES string of the molecule is CC(C)N1CCN(C(=O)[C@@H]2CCc3sc(C(=O)N(C)C)cc3C2)CC1. The zero-order valence-corrected chi connectivity index (χ0v) is 16.6. The van der Waals surface area contributed by atoms with Crippen LogP contribution in [0.25, 0.3) is 0 Å². The summed E-state index contributed by atoms with van der Waals surface area (Å²) in [7, 11) is 3.56. The van der Waals surface area contributed by atoms with Crippen LogP contribution >= 0.6 is 11.3 Å². The molecule has 0 bridgehead atoms. The van der Waals surface area contributed by atoms with Gasteiger partial charge in [0.05, 0.1) is 4.88 Å². The fourth-order valence-corrected chi connectivity index (χ4v) is 5.01. The minimum atomic E-state index is 0.0621. The lowest BCUT2D eigenvalue weighted by Crippen LogP contribution is -2.52. The van der Waals surface area contributed by atoms with E-state index in [4.69, 9.17) is 0 Å². The number of hydrogen-bond acceptors (Lipinski definition) is 4. The maximum atomic E-state index is 12.9. The summed E-state index contributed by atoms with van der Waals surface area (Å²) >= 11 is 1.60. The Morgan fingerprint density at radius 1 is 1.20 bits per heavy atom. The Hall–Kier alpha value is -1.40. The number of nitrogens with zero attached hydrogens (tertiary/aromatic N) is 3. The van der Waals surface area contributed by atoms with Crippen molar-refractivity contribution in [3.8, 4) is 0 Å². The number of thiophene rings is 1. The predicted octanol–water partition coefficient (Wildman–Crippen LogP) is 2.11. The normalized spacial score (nSPS) is 21.3. The van der Waals surface area contributed by atoms with Crippen molar-refractivity contribution >= 4 is 23.2 Å². The summed E-state index contributed by atoms with van der Waals surface area (Å²) in [5, 5.41) is 0. The number of amides is 2. The average Bonchev–Trinajstić information content (AvgIpc) is 3.03. The fourth-order valence-electron chi connectivity index (χ4n) is 3.78. The summed E-state index contributed by atoms with van der Waals surface area (Å²) in [4.78, 5) is 33.3. The molecule has 1 atom stereocenters. The van der Waals surface area contributed by atoms with Gasteiger partial charge in [-0.25, -0.2) is 0 Å². The maximum absolute atomic E-state index is 12.9. The monoisotopic (exact) mass is 363 g/mol. The van der Waals surface area contributed by atoms with Crippen LogP contribution in [0, 0.1) is 5.92 Å². The molecule has 138 valence electrons. The Kier molecular flexibility index (Phi) is 5.49. The number of carbonyl (C=O) groups is 2. The zero-order valence-electron chi connectivity index (χ0n) is 15.7. The maximum Gasteiger partial charge on any atom is 0.263 e. The number of rotatable bonds is 3. The van der Waals surface area contributed by atoms with Gasteiger partial charge in [0.2, 0.25) is 5.91 Å². The number of fused-ring (bicyclic) bond motifs is 1. The summed E-state index contributed by atoms with van der Waals surface area (Å²) in [5.41, 5.74) is 1.21. The fraction of sp³-hybridized carbons (Fsp3) is 0.684. The highest BCUT2D eigenvalue weighted by Crippen LogP contribution is 2.33. The van der Waals surface area contributed by atoms with Crippen molar-refractivity contribution < 1.29 is 9.59 Å². The van der Waals surface area contributed by atoms with Crippen LogP contribution in [-0.4, -0.2) is 72.8 Å². The van der Waals surface area contributed by atoms with Crippen molar-refractivity contribution in [2.45, 2.75) is 39.2 Å². The molecular formula is C19H29N3O2S. The number of piperazine rings is 1. The first kappa shape index (κ1) is 18.4. The molecule has 2 aliphatic rings.